The third-order valence-corrected chi connectivity index (χ3v) is 2.55. The maximum atomic E-state index is 5.84. The summed E-state index contributed by atoms with van der Waals surface area (Å²) in [5.41, 5.74) is 14.5. The van der Waals surface area contributed by atoms with Crippen molar-refractivity contribution in [1.82, 2.24) is 4.98 Å². The largest absolute Gasteiger partial charge is 0.329 e. The van der Waals surface area contributed by atoms with Crippen molar-refractivity contribution in [3.8, 4) is 11.3 Å². The highest BCUT2D eigenvalue weighted by Gasteiger charge is 2.03. The van der Waals surface area contributed by atoms with Gasteiger partial charge in [-0.2, -0.15) is 0 Å². The molecule has 0 saturated heterocycles. The molecular weight excluding hydrogens is 198 g/mol. The summed E-state index contributed by atoms with van der Waals surface area (Å²) in [5.74, 6) is 0. The van der Waals surface area contributed by atoms with Gasteiger partial charge in [0.05, 0.1) is 5.69 Å². The summed E-state index contributed by atoms with van der Waals surface area (Å²) in [5, 5.41) is 0. The first kappa shape index (κ1) is 10.8. The second kappa shape index (κ2) is 4.88. The molecule has 0 amide bonds. The van der Waals surface area contributed by atoms with E-state index < -0.39 is 0 Å². The van der Waals surface area contributed by atoms with Crippen molar-refractivity contribution in [1.29, 1.82) is 0 Å². The molecule has 1 aromatic heterocycles. The van der Waals surface area contributed by atoms with Gasteiger partial charge in [0, 0.05) is 24.3 Å². The number of nitrogens with zero attached hydrogens (tertiary/aromatic N) is 1. The molecule has 82 valence electrons. The molecule has 0 aliphatic heterocycles. The van der Waals surface area contributed by atoms with Gasteiger partial charge < -0.3 is 11.5 Å². The predicted molar refractivity (Wildman–Crippen MR) is 65.7 cm³/mol. The van der Waals surface area contributed by atoms with E-state index in [1.54, 1.807) is 6.20 Å². The molecule has 0 aliphatic rings. The second-order valence-electron chi connectivity index (χ2n) is 3.68. The molecule has 2 rings (SSSR count). The lowest BCUT2D eigenvalue weighted by molar-refractivity contribution is 0.737. The summed E-state index contributed by atoms with van der Waals surface area (Å²) in [6.07, 6.45) is 1.79. The Hall–Kier alpha value is -1.71. The molecule has 4 N–H and O–H groups in total. The first-order chi connectivity index (χ1) is 7.81. The third-order valence-electron chi connectivity index (χ3n) is 2.55. The van der Waals surface area contributed by atoms with Crippen molar-refractivity contribution in [3.05, 3.63) is 54.2 Å². The van der Waals surface area contributed by atoms with Gasteiger partial charge in [-0.3, -0.25) is 4.98 Å². The molecule has 16 heavy (non-hydrogen) atoms. The lowest BCUT2D eigenvalue weighted by Gasteiger charge is -2.09. The molecular formula is C13H15N3. The van der Waals surface area contributed by atoms with Gasteiger partial charge in [0.25, 0.3) is 0 Å². The smallest absolute Gasteiger partial charge is 0.0701 e. The number of rotatable bonds is 3. The number of hydrogen-bond acceptors (Lipinski definition) is 3. The van der Waals surface area contributed by atoms with E-state index in [1.807, 2.05) is 42.5 Å². The first-order valence-electron chi connectivity index (χ1n) is 5.28. The SMILES string of the molecule is NCC(N)c1ccc(-c2ccccn2)cc1. The van der Waals surface area contributed by atoms with Crippen LogP contribution in [0.15, 0.2) is 48.7 Å². The van der Waals surface area contributed by atoms with Crippen molar-refractivity contribution in [3.63, 3.8) is 0 Å². The molecule has 1 atom stereocenters. The van der Waals surface area contributed by atoms with Crippen LogP contribution in [0.1, 0.15) is 11.6 Å². The van der Waals surface area contributed by atoms with Crippen LogP contribution in [0.25, 0.3) is 11.3 Å². The van der Waals surface area contributed by atoms with E-state index in [9.17, 15) is 0 Å². The Morgan fingerprint density at radius 2 is 1.81 bits per heavy atom. The van der Waals surface area contributed by atoms with Gasteiger partial charge >= 0.3 is 0 Å². The van der Waals surface area contributed by atoms with Gasteiger partial charge in [-0.25, -0.2) is 0 Å². The minimum absolute atomic E-state index is 0.0854. The van der Waals surface area contributed by atoms with Crippen LogP contribution in [0.3, 0.4) is 0 Å². The van der Waals surface area contributed by atoms with Gasteiger partial charge in [0.15, 0.2) is 0 Å². The van der Waals surface area contributed by atoms with Crippen molar-refractivity contribution >= 4 is 0 Å². The van der Waals surface area contributed by atoms with Crippen LogP contribution in [0, 0.1) is 0 Å². The molecule has 1 aromatic carbocycles. The van der Waals surface area contributed by atoms with E-state index >= 15 is 0 Å². The summed E-state index contributed by atoms with van der Waals surface area (Å²) >= 11 is 0. The van der Waals surface area contributed by atoms with Crippen molar-refractivity contribution in [2.45, 2.75) is 6.04 Å². The van der Waals surface area contributed by atoms with Crippen LogP contribution >= 0.6 is 0 Å². The summed E-state index contributed by atoms with van der Waals surface area (Å²) in [4.78, 5) is 4.29. The van der Waals surface area contributed by atoms with Crippen LogP contribution < -0.4 is 11.5 Å². The Bertz CT molecular complexity index is 436. The summed E-state index contributed by atoms with van der Waals surface area (Å²) in [7, 11) is 0. The van der Waals surface area contributed by atoms with E-state index in [0.29, 0.717) is 6.54 Å². The van der Waals surface area contributed by atoms with Crippen LogP contribution in [0.4, 0.5) is 0 Å². The van der Waals surface area contributed by atoms with Crippen molar-refractivity contribution in [2.24, 2.45) is 11.5 Å². The zero-order chi connectivity index (χ0) is 11.4. The number of hydrogen-bond donors (Lipinski definition) is 2. The van der Waals surface area contributed by atoms with Crippen LogP contribution in [-0.2, 0) is 0 Å². The number of pyridine rings is 1. The lowest BCUT2D eigenvalue weighted by atomic mass is 10.0. The minimum atomic E-state index is -0.0854. The summed E-state index contributed by atoms with van der Waals surface area (Å²) in [6.45, 7) is 0.461. The van der Waals surface area contributed by atoms with E-state index in [1.165, 1.54) is 0 Å². The quantitative estimate of drug-likeness (QED) is 0.815. The number of benzene rings is 1. The fourth-order valence-electron chi connectivity index (χ4n) is 1.57. The molecule has 3 nitrogen and oxygen atoms in total. The van der Waals surface area contributed by atoms with Gasteiger partial charge in [0.1, 0.15) is 0 Å². The molecule has 1 unspecified atom stereocenters. The highest BCUT2D eigenvalue weighted by Crippen LogP contribution is 2.18. The summed E-state index contributed by atoms with van der Waals surface area (Å²) < 4.78 is 0. The Kier molecular flexibility index (Phi) is 3.29. The molecule has 0 saturated carbocycles. The molecule has 3 heteroatoms. The highest BCUT2D eigenvalue weighted by atomic mass is 14.7. The van der Waals surface area contributed by atoms with Crippen LogP contribution in [0.2, 0.25) is 0 Å². The molecule has 0 radical (unpaired) electrons. The minimum Gasteiger partial charge on any atom is -0.329 e. The normalized spacial score (nSPS) is 12.4. The summed E-state index contributed by atoms with van der Waals surface area (Å²) in [6, 6.07) is 13.8. The second-order valence-corrected chi connectivity index (χ2v) is 3.68. The lowest BCUT2D eigenvalue weighted by Crippen LogP contribution is -2.20. The van der Waals surface area contributed by atoms with E-state index in [0.717, 1.165) is 16.8 Å². The van der Waals surface area contributed by atoms with Crippen LogP contribution in [-0.4, -0.2) is 11.5 Å². The number of aromatic nitrogens is 1. The molecule has 0 fully saturated rings. The van der Waals surface area contributed by atoms with Crippen molar-refractivity contribution in [2.75, 3.05) is 6.54 Å². The monoisotopic (exact) mass is 213 g/mol. The predicted octanol–water partition coefficient (Wildman–Crippen LogP) is 1.71. The molecule has 1 heterocycles. The molecule has 0 bridgehead atoms. The average molecular weight is 213 g/mol. The molecule has 2 aromatic rings. The zero-order valence-electron chi connectivity index (χ0n) is 9.01. The standard InChI is InChI=1S/C13H15N3/c14-9-12(15)10-4-6-11(7-5-10)13-3-1-2-8-16-13/h1-8,12H,9,14-15H2. The van der Waals surface area contributed by atoms with E-state index in [2.05, 4.69) is 4.98 Å². The molecule has 0 aliphatic carbocycles. The maximum Gasteiger partial charge on any atom is 0.0701 e. The van der Waals surface area contributed by atoms with Gasteiger partial charge in [0.2, 0.25) is 0 Å². The fraction of sp³-hybridized carbons (Fsp3) is 0.154. The maximum absolute atomic E-state index is 5.84. The Labute approximate surface area is 95.1 Å². The highest BCUT2D eigenvalue weighted by molar-refractivity contribution is 5.59. The van der Waals surface area contributed by atoms with E-state index in [-0.39, 0.29) is 6.04 Å². The average Bonchev–Trinajstić information content (AvgIpc) is 2.39. The zero-order valence-corrected chi connectivity index (χ0v) is 9.01. The van der Waals surface area contributed by atoms with Gasteiger partial charge in [-0.05, 0) is 17.7 Å². The fourth-order valence-corrected chi connectivity index (χ4v) is 1.57. The Morgan fingerprint density at radius 3 is 2.38 bits per heavy atom. The van der Waals surface area contributed by atoms with Gasteiger partial charge in [-0.15, -0.1) is 0 Å². The van der Waals surface area contributed by atoms with Crippen LogP contribution in [0.5, 0.6) is 0 Å². The van der Waals surface area contributed by atoms with Gasteiger partial charge in [-0.1, -0.05) is 30.3 Å². The number of nitrogens with two attached hydrogens (primary N) is 2. The topological polar surface area (TPSA) is 64.9 Å². The van der Waals surface area contributed by atoms with E-state index in [4.69, 9.17) is 11.5 Å². The Morgan fingerprint density at radius 1 is 1.06 bits per heavy atom. The Balaban J connectivity index is 2.26. The third kappa shape index (κ3) is 2.27. The molecule has 0 spiro atoms. The van der Waals surface area contributed by atoms with Crippen molar-refractivity contribution < 1.29 is 0 Å². The first-order valence-corrected chi connectivity index (χ1v) is 5.28.